The molecule has 0 fully saturated rings. The highest BCUT2D eigenvalue weighted by Crippen LogP contribution is 2.47. The van der Waals surface area contributed by atoms with E-state index in [4.69, 9.17) is 4.42 Å². The van der Waals surface area contributed by atoms with Crippen LogP contribution in [-0.4, -0.2) is 4.57 Å². The maximum atomic E-state index is 6.74. The number of nitrogens with zero attached hydrogens (tertiary/aromatic N) is 2. The molecule has 13 aromatic rings. The van der Waals surface area contributed by atoms with E-state index in [2.05, 4.69) is 198 Å². The van der Waals surface area contributed by atoms with Gasteiger partial charge in [-0.05, 0) is 86.9 Å². The number of anilines is 3. The van der Waals surface area contributed by atoms with Gasteiger partial charge >= 0.3 is 0 Å². The highest BCUT2D eigenvalue weighted by molar-refractivity contribution is 7.25. The van der Waals surface area contributed by atoms with Crippen LogP contribution >= 0.6 is 11.3 Å². The predicted molar refractivity (Wildman–Crippen MR) is 248 cm³/mol. The number of furan rings is 1. The molecule has 3 aromatic heterocycles. The highest BCUT2D eigenvalue weighted by atomic mass is 32.1. The minimum absolute atomic E-state index is 0.879. The number of benzene rings is 10. The summed E-state index contributed by atoms with van der Waals surface area (Å²) in [6, 6.07) is 70.9. The van der Waals surface area contributed by atoms with Crippen LogP contribution in [0.1, 0.15) is 0 Å². The molecule has 3 nitrogen and oxygen atoms in total. The molecule has 0 spiro atoms. The van der Waals surface area contributed by atoms with Gasteiger partial charge in [0.2, 0.25) is 0 Å². The second-order valence-corrected chi connectivity index (χ2v) is 16.3. The van der Waals surface area contributed by atoms with Crippen molar-refractivity contribution in [2.45, 2.75) is 0 Å². The monoisotopic (exact) mass is 756 g/mol. The number of hydrogen-bond donors (Lipinski definition) is 0. The lowest BCUT2D eigenvalue weighted by Gasteiger charge is -2.27. The Bertz CT molecular complexity index is 3830. The van der Waals surface area contributed by atoms with E-state index in [-0.39, 0.29) is 0 Å². The Kier molecular flexibility index (Phi) is 6.60. The first-order valence-electron chi connectivity index (χ1n) is 19.8. The first-order chi connectivity index (χ1) is 28.8. The van der Waals surface area contributed by atoms with Gasteiger partial charge in [0, 0.05) is 53.1 Å². The molecule has 58 heavy (non-hydrogen) atoms. The number of thiophene rings is 1. The fourth-order valence-corrected chi connectivity index (χ4v) is 10.7. The molecule has 0 saturated carbocycles. The largest absolute Gasteiger partial charge is 0.454 e. The molecule has 0 saturated heterocycles. The lowest BCUT2D eigenvalue weighted by Crippen LogP contribution is -2.11. The van der Waals surface area contributed by atoms with Crippen LogP contribution in [0.4, 0.5) is 17.1 Å². The molecular formula is C54H32N2OS. The molecule has 4 heteroatoms. The number of fused-ring (bicyclic) bond motifs is 14. The number of aromatic nitrogens is 1. The van der Waals surface area contributed by atoms with Gasteiger partial charge in [0.05, 0.1) is 22.4 Å². The van der Waals surface area contributed by atoms with Crippen molar-refractivity contribution in [3.05, 3.63) is 194 Å². The van der Waals surface area contributed by atoms with Crippen LogP contribution in [0.25, 0.3) is 102 Å². The van der Waals surface area contributed by atoms with Gasteiger partial charge in [-0.3, -0.25) is 0 Å². The summed E-state index contributed by atoms with van der Waals surface area (Å²) in [6.45, 7) is 0. The van der Waals surface area contributed by atoms with E-state index in [9.17, 15) is 0 Å². The van der Waals surface area contributed by atoms with E-state index in [0.717, 1.165) is 55.7 Å². The van der Waals surface area contributed by atoms with Crippen LogP contribution < -0.4 is 4.90 Å². The van der Waals surface area contributed by atoms with Crippen molar-refractivity contribution in [3.63, 3.8) is 0 Å². The lowest BCUT2D eigenvalue weighted by molar-refractivity contribution is 0.666. The van der Waals surface area contributed by atoms with Crippen LogP contribution in [0.3, 0.4) is 0 Å². The van der Waals surface area contributed by atoms with Gasteiger partial charge in [-0.2, -0.15) is 0 Å². The molecule has 0 radical (unpaired) electrons. The zero-order valence-electron chi connectivity index (χ0n) is 31.2. The van der Waals surface area contributed by atoms with Gasteiger partial charge in [-0.25, -0.2) is 0 Å². The Hall–Kier alpha value is -7.40. The van der Waals surface area contributed by atoms with Crippen molar-refractivity contribution < 1.29 is 4.42 Å². The minimum Gasteiger partial charge on any atom is -0.454 e. The van der Waals surface area contributed by atoms with E-state index in [0.29, 0.717) is 0 Å². The van der Waals surface area contributed by atoms with Gasteiger partial charge in [-0.1, -0.05) is 140 Å². The normalized spacial score (nSPS) is 12.1. The molecule has 0 aliphatic rings. The molecule has 270 valence electrons. The quantitative estimate of drug-likeness (QED) is 0.167. The van der Waals surface area contributed by atoms with E-state index < -0.39 is 0 Å². The SMILES string of the molecule is c1ccc2c(c1)ccc1c3cc(N(c4ccc5c(c4)sc4ccccc45)c4cccc5c6ccccc6n(-c6cccc7c6oc6ccccc67)c45)ccc3ccc21. The number of para-hydroxylation sites is 4. The maximum Gasteiger partial charge on any atom is 0.159 e. The number of rotatable bonds is 4. The number of hydrogen-bond acceptors (Lipinski definition) is 3. The topological polar surface area (TPSA) is 21.3 Å². The third-order valence-corrected chi connectivity index (χ3v) is 13.3. The molecule has 0 amide bonds. The molecular weight excluding hydrogens is 725 g/mol. The Morgan fingerprint density at radius 2 is 1.02 bits per heavy atom. The first-order valence-corrected chi connectivity index (χ1v) is 20.6. The van der Waals surface area contributed by atoms with Crippen LogP contribution in [0.5, 0.6) is 0 Å². The van der Waals surface area contributed by atoms with Crippen molar-refractivity contribution in [1.82, 2.24) is 4.57 Å². The summed E-state index contributed by atoms with van der Waals surface area (Å²) >= 11 is 1.86. The second kappa shape index (κ2) is 12.1. The summed E-state index contributed by atoms with van der Waals surface area (Å²) in [7, 11) is 0. The molecule has 13 rings (SSSR count). The van der Waals surface area contributed by atoms with Crippen molar-refractivity contribution in [3.8, 4) is 5.69 Å². The second-order valence-electron chi connectivity index (χ2n) is 15.2. The lowest BCUT2D eigenvalue weighted by atomic mass is 9.96. The van der Waals surface area contributed by atoms with Crippen LogP contribution in [0, 0.1) is 0 Å². The average Bonchev–Trinajstić information content (AvgIpc) is 3.96. The Balaban J connectivity index is 1.14. The Labute approximate surface area is 336 Å². The van der Waals surface area contributed by atoms with Crippen molar-refractivity contribution in [2.24, 2.45) is 0 Å². The highest BCUT2D eigenvalue weighted by Gasteiger charge is 2.24. The summed E-state index contributed by atoms with van der Waals surface area (Å²) in [5.74, 6) is 0. The summed E-state index contributed by atoms with van der Waals surface area (Å²) in [4.78, 5) is 2.47. The van der Waals surface area contributed by atoms with Crippen molar-refractivity contribution in [2.75, 3.05) is 4.90 Å². The van der Waals surface area contributed by atoms with E-state index in [1.165, 1.54) is 63.3 Å². The third-order valence-electron chi connectivity index (χ3n) is 12.1. The van der Waals surface area contributed by atoms with Gasteiger partial charge < -0.3 is 13.9 Å². The summed E-state index contributed by atoms with van der Waals surface area (Å²) in [5.41, 5.74) is 8.33. The van der Waals surface area contributed by atoms with E-state index >= 15 is 0 Å². The van der Waals surface area contributed by atoms with Crippen molar-refractivity contribution in [1.29, 1.82) is 0 Å². The molecule has 0 aliphatic carbocycles. The van der Waals surface area contributed by atoms with Crippen LogP contribution in [-0.2, 0) is 0 Å². The van der Waals surface area contributed by atoms with Gasteiger partial charge in [-0.15, -0.1) is 11.3 Å². The van der Waals surface area contributed by atoms with E-state index in [1.807, 2.05) is 17.4 Å². The van der Waals surface area contributed by atoms with Gasteiger partial charge in [0.15, 0.2) is 5.58 Å². The first kappa shape index (κ1) is 31.8. The standard InChI is InChI=1S/C54H32N2OS/c1-2-12-37-33(11-1)24-29-39-38(37)28-25-34-23-26-35(31-46(34)39)55(36-27-30-43-42-15-5-8-22-51(42)58-52(43)32-36)48-19-9-16-44-40-13-3-6-18-47(40)56(53(44)48)49-20-10-17-45-41-14-4-7-21-50(41)57-54(45)49/h1-32H. The van der Waals surface area contributed by atoms with Gasteiger partial charge in [0.25, 0.3) is 0 Å². The Morgan fingerprint density at radius 1 is 0.397 bits per heavy atom. The van der Waals surface area contributed by atoms with Crippen LogP contribution in [0.2, 0.25) is 0 Å². The molecule has 0 aliphatic heterocycles. The summed E-state index contributed by atoms with van der Waals surface area (Å²) in [6.07, 6.45) is 0. The predicted octanol–water partition coefficient (Wildman–Crippen LogP) is 16.0. The van der Waals surface area contributed by atoms with Crippen LogP contribution in [0.15, 0.2) is 199 Å². The molecule has 3 heterocycles. The zero-order valence-corrected chi connectivity index (χ0v) is 32.0. The summed E-state index contributed by atoms with van der Waals surface area (Å²) in [5, 5.41) is 14.7. The minimum atomic E-state index is 0.879. The molecule has 0 bridgehead atoms. The Morgan fingerprint density at radius 3 is 1.93 bits per heavy atom. The zero-order chi connectivity index (χ0) is 37.9. The molecule has 0 atom stereocenters. The van der Waals surface area contributed by atoms with Crippen molar-refractivity contribution >= 4 is 125 Å². The smallest absolute Gasteiger partial charge is 0.159 e. The average molecular weight is 757 g/mol. The maximum absolute atomic E-state index is 6.74. The fraction of sp³-hybridized carbons (Fsp3) is 0. The fourth-order valence-electron chi connectivity index (χ4n) is 9.57. The molecule has 10 aromatic carbocycles. The molecule has 0 N–H and O–H groups in total. The summed E-state index contributed by atoms with van der Waals surface area (Å²) < 4.78 is 11.7. The van der Waals surface area contributed by atoms with E-state index in [1.54, 1.807) is 0 Å². The van der Waals surface area contributed by atoms with Gasteiger partial charge in [0.1, 0.15) is 5.58 Å². The molecule has 0 unspecified atom stereocenters. The third kappa shape index (κ3) is 4.49.